The van der Waals surface area contributed by atoms with Crippen LogP contribution in [0.1, 0.15) is 10.4 Å². The highest BCUT2D eigenvalue weighted by Gasteiger charge is 2.23. The first-order chi connectivity index (χ1) is 12.1. The highest BCUT2D eigenvalue weighted by Crippen LogP contribution is 2.47. The molecule has 0 aliphatic heterocycles. The molecule has 0 N–H and O–H groups in total. The van der Waals surface area contributed by atoms with Gasteiger partial charge in [-0.1, -0.05) is 18.2 Å². The first-order valence-electron chi connectivity index (χ1n) is 7.46. The molecular formula is C19H16O6. The lowest BCUT2D eigenvalue weighted by Crippen LogP contribution is -2.03. The molecule has 0 spiro atoms. The lowest BCUT2D eigenvalue weighted by atomic mass is 9.95. The quantitative estimate of drug-likeness (QED) is 0.524. The summed E-state index contributed by atoms with van der Waals surface area (Å²) in [7, 11) is 4.41. The lowest BCUT2D eigenvalue weighted by Gasteiger charge is -2.18. The molecule has 3 rings (SSSR count). The van der Waals surface area contributed by atoms with E-state index in [1.165, 1.54) is 27.4 Å². The minimum absolute atomic E-state index is 0.305. The number of carbonyl (C=O) groups is 1. The zero-order chi connectivity index (χ0) is 18.0. The van der Waals surface area contributed by atoms with Gasteiger partial charge in [0.1, 0.15) is 5.58 Å². The van der Waals surface area contributed by atoms with Gasteiger partial charge in [-0.3, -0.25) is 4.79 Å². The second kappa shape index (κ2) is 6.68. The van der Waals surface area contributed by atoms with Crippen molar-refractivity contribution in [1.82, 2.24) is 0 Å². The second-order valence-electron chi connectivity index (χ2n) is 5.20. The Morgan fingerprint density at radius 2 is 1.68 bits per heavy atom. The van der Waals surface area contributed by atoms with E-state index in [1.807, 2.05) is 6.07 Å². The number of benzene rings is 2. The molecule has 0 saturated carbocycles. The Labute approximate surface area is 143 Å². The summed E-state index contributed by atoms with van der Waals surface area (Å²) >= 11 is 0. The number of aldehydes is 1. The molecule has 0 saturated heterocycles. The predicted octanol–water partition coefficient (Wildman–Crippen LogP) is 3.30. The van der Waals surface area contributed by atoms with Crippen LogP contribution < -0.4 is 19.8 Å². The van der Waals surface area contributed by atoms with E-state index >= 15 is 0 Å². The highest BCUT2D eigenvalue weighted by molar-refractivity contribution is 6.02. The van der Waals surface area contributed by atoms with Gasteiger partial charge in [0.2, 0.25) is 5.75 Å². The standard InChI is InChI=1S/C19H16O6/c1-22-15-8-11(10-20)17(19(24-3)18(15)23-2)13-9-16(21)25-14-7-5-4-6-12(13)14/h4-10H,1-3H3. The number of fused-ring (bicyclic) bond motifs is 1. The first kappa shape index (κ1) is 16.6. The molecule has 25 heavy (non-hydrogen) atoms. The van der Waals surface area contributed by atoms with Gasteiger partial charge >= 0.3 is 5.63 Å². The van der Waals surface area contributed by atoms with Crippen molar-refractivity contribution in [2.24, 2.45) is 0 Å². The number of carbonyl (C=O) groups excluding carboxylic acids is 1. The fraction of sp³-hybridized carbons (Fsp3) is 0.158. The van der Waals surface area contributed by atoms with E-state index < -0.39 is 5.63 Å². The van der Waals surface area contributed by atoms with Crippen molar-refractivity contribution in [3.8, 4) is 28.4 Å². The highest BCUT2D eigenvalue weighted by atomic mass is 16.5. The molecule has 6 heteroatoms. The van der Waals surface area contributed by atoms with Crippen LogP contribution in [0.4, 0.5) is 0 Å². The van der Waals surface area contributed by atoms with Crippen LogP contribution in [0.25, 0.3) is 22.1 Å². The van der Waals surface area contributed by atoms with Crippen LogP contribution >= 0.6 is 0 Å². The smallest absolute Gasteiger partial charge is 0.336 e. The number of ether oxygens (including phenoxy) is 3. The third-order valence-electron chi connectivity index (χ3n) is 3.91. The van der Waals surface area contributed by atoms with E-state index in [0.717, 1.165) is 0 Å². The molecule has 128 valence electrons. The Morgan fingerprint density at radius 3 is 2.32 bits per heavy atom. The Kier molecular flexibility index (Phi) is 4.43. The SMILES string of the molecule is COc1cc(C=O)c(-c2cc(=O)oc3ccccc23)c(OC)c1OC. The van der Waals surface area contributed by atoms with Crippen LogP contribution in [0.5, 0.6) is 17.2 Å². The van der Waals surface area contributed by atoms with Crippen LogP contribution in [0.15, 0.2) is 45.6 Å². The summed E-state index contributed by atoms with van der Waals surface area (Å²) in [4.78, 5) is 23.7. The molecule has 3 aromatic rings. The molecule has 1 heterocycles. The van der Waals surface area contributed by atoms with E-state index in [-0.39, 0.29) is 0 Å². The van der Waals surface area contributed by atoms with Gasteiger partial charge in [-0.25, -0.2) is 4.79 Å². The van der Waals surface area contributed by atoms with Crippen molar-refractivity contribution in [2.75, 3.05) is 21.3 Å². The van der Waals surface area contributed by atoms with Gasteiger partial charge in [0, 0.05) is 28.1 Å². The minimum Gasteiger partial charge on any atom is -0.493 e. The van der Waals surface area contributed by atoms with E-state index in [0.29, 0.717) is 51.2 Å². The fourth-order valence-corrected chi connectivity index (χ4v) is 2.86. The molecule has 6 nitrogen and oxygen atoms in total. The molecule has 2 aromatic carbocycles. The molecular weight excluding hydrogens is 324 g/mol. The Bertz CT molecular complexity index is 1000. The average molecular weight is 340 g/mol. The number of para-hydroxylation sites is 1. The first-order valence-corrected chi connectivity index (χ1v) is 7.46. The molecule has 0 amide bonds. The van der Waals surface area contributed by atoms with Crippen molar-refractivity contribution in [2.45, 2.75) is 0 Å². The van der Waals surface area contributed by atoms with Crippen molar-refractivity contribution in [3.63, 3.8) is 0 Å². The number of rotatable bonds is 5. The zero-order valence-corrected chi connectivity index (χ0v) is 14.0. The van der Waals surface area contributed by atoms with Gasteiger partial charge in [0.05, 0.1) is 21.3 Å². The third-order valence-corrected chi connectivity index (χ3v) is 3.91. The van der Waals surface area contributed by atoms with E-state index in [2.05, 4.69) is 0 Å². The summed E-state index contributed by atoms with van der Waals surface area (Å²) in [5.74, 6) is 1.00. The Morgan fingerprint density at radius 1 is 0.960 bits per heavy atom. The van der Waals surface area contributed by atoms with E-state index in [9.17, 15) is 9.59 Å². The van der Waals surface area contributed by atoms with Gasteiger partial charge in [0.15, 0.2) is 17.8 Å². The average Bonchev–Trinajstić information content (AvgIpc) is 2.65. The molecule has 0 aliphatic carbocycles. The Hall–Kier alpha value is -3.28. The maximum atomic E-state index is 12.0. The van der Waals surface area contributed by atoms with E-state index in [4.69, 9.17) is 18.6 Å². The van der Waals surface area contributed by atoms with Crippen LogP contribution in [0.2, 0.25) is 0 Å². The van der Waals surface area contributed by atoms with Crippen molar-refractivity contribution >= 4 is 17.3 Å². The van der Waals surface area contributed by atoms with Crippen molar-refractivity contribution in [1.29, 1.82) is 0 Å². The van der Waals surface area contributed by atoms with Gasteiger partial charge in [-0.2, -0.15) is 0 Å². The third kappa shape index (κ3) is 2.71. The Balaban J connectivity index is 2.49. The largest absolute Gasteiger partial charge is 0.493 e. The molecule has 0 radical (unpaired) electrons. The summed E-state index contributed by atoms with van der Waals surface area (Å²) < 4.78 is 21.4. The summed E-state index contributed by atoms with van der Waals surface area (Å²) in [6.45, 7) is 0. The van der Waals surface area contributed by atoms with Gasteiger partial charge in [-0.15, -0.1) is 0 Å². The topological polar surface area (TPSA) is 75.0 Å². The molecule has 1 aromatic heterocycles. The van der Waals surface area contributed by atoms with Crippen molar-refractivity contribution < 1.29 is 23.4 Å². The van der Waals surface area contributed by atoms with Crippen LogP contribution in [0, 0.1) is 0 Å². The second-order valence-corrected chi connectivity index (χ2v) is 5.20. The van der Waals surface area contributed by atoms with Crippen molar-refractivity contribution in [3.05, 3.63) is 52.4 Å². The van der Waals surface area contributed by atoms with Gasteiger partial charge in [0.25, 0.3) is 0 Å². The zero-order valence-electron chi connectivity index (χ0n) is 14.0. The number of methoxy groups -OCH3 is 3. The van der Waals surface area contributed by atoms with Crippen LogP contribution in [-0.4, -0.2) is 27.6 Å². The van der Waals surface area contributed by atoms with Gasteiger partial charge < -0.3 is 18.6 Å². The molecule has 0 unspecified atom stereocenters. The molecule has 0 atom stereocenters. The number of hydrogen-bond acceptors (Lipinski definition) is 6. The molecule has 0 aliphatic rings. The fourth-order valence-electron chi connectivity index (χ4n) is 2.86. The maximum absolute atomic E-state index is 12.0. The minimum atomic E-state index is -0.526. The summed E-state index contributed by atoms with van der Waals surface area (Å²) in [6, 6.07) is 9.96. The normalized spacial score (nSPS) is 10.5. The lowest BCUT2D eigenvalue weighted by molar-refractivity contribution is 0.112. The summed E-state index contributed by atoms with van der Waals surface area (Å²) in [5.41, 5.74) is 1.16. The van der Waals surface area contributed by atoms with Crippen LogP contribution in [0.3, 0.4) is 0 Å². The number of hydrogen-bond donors (Lipinski definition) is 0. The summed E-state index contributed by atoms with van der Waals surface area (Å²) in [5, 5.41) is 0.677. The summed E-state index contributed by atoms with van der Waals surface area (Å²) in [6.07, 6.45) is 0.684. The monoisotopic (exact) mass is 340 g/mol. The van der Waals surface area contributed by atoms with Crippen LogP contribution in [-0.2, 0) is 0 Å². The molecule has 0 fully saturated rings. The predicted molar refractivity (Wildman–Crippen MR) is 93.0 cm³/mol. The maximum Gasteiger partial charge on any atom is 0.336 e. The van der Waals surface area contributed by atoms with E-state index in [1.54, 1.807) is 24.3 Å². The molecule has 0 bridgehead atoms. The van der Waals surface area contributed by atoms with Gasteiger partial charge in [-0.05, 0) is 12.1 Å².